The molecule has 1 saturated carbocycles. The summed E-state index contributed by atoms with van der Waals surface area (Å²) in [5, 5.41) is 10.4. The summed E-state index contributed by atoms with van der Waals surface area (Å²) in [6.07, 6.45) is -4.30. The summed E-state index contributed by atoms with van der Waals surface area (Å²) >= 11 is 0. The lowest BCUT2D eigenvalue weighted by Crippen LogP contribution is -2.30. The highest BCUT2D eigenvalue weighted by molar-refractivity contribution is 6.00. The van der Waals surface area contributed by atoms with Crippen LogP contribution >= 0.6 is 0 Å². The molecule has 0 heterocycles. The molecule has 2 aromatic carbocycles. The number of carboxylic acid groups (broad SMARTS) is 1. The van der Waals surface area contributed by atoms with Gasteiger partial charge in [-0.05, 0) is 24.3 Å². The van der Waals surface area contributed by atoms with Gasteiger partial charge in [0.15, 0.2) is 0 Å². The molecule has 116 valence electrons. The number of halogens is 3. The van der Waals surface area contributed by atoms with Crippen LogP contribution in [0.3, 0.4) is 0 Å². The molecule has 1 aliphatic rings. The molecule has 0 aromatic heterocycles. The molecule has 0 bridgehead atoms. The molecule has 1 fully saturated rings. The molecular weight excluding hydrogens is 297 g/mol. The molecule has 3 rings (SSSR count). The summed E-state index contributed by atoms with van der Waals surface area (Å²) in [6.45, 7) is -0.551. The lowest BCUT2D eigenvalue weighted by atomic mass is 10.0. The molecule has 3 nitrogen and oxygen atoms in total. The molecule has 2 aromatic rings. The second-order valence-corrected chi connectivity index (χ2v) is 5.54. The molecule has 0 unspecified atom stereocenters. The molecule has 0 aliphatic heterocycles. The van der Waals surface area contributed by atoms with Crippen molar-refractivity contribution in [3.05, 3.63) is 42.0 Å². The van der Waals surface area contributed by atoms with Crippen LogP contribution < -0.4 is 4.74 Å². The molecule has 0 saturated heterocycles. The Hall–Kier alpha value is -2.24. The maximum atomic E-state index is 13.0. The Morgan fingerprint density at radius 2 is 1.86 bits per heavy atom. The number of benzene rings is 2. The number of aromatic carboxylic acids is 1. The smallest absolute Gasteiger partial charge is 0.397 e. The molecule has 1 aliphatic carbocycles. The lowest BCUT2D eigenvalue weighted by Gasteiger charge is -2.21. The summed E-state index contributed by atoms with van der Waals surface area (Å²) in [5.41, 5.74) is -1.96. The molecule has 1 N–H and O–H groups in total. The van der Waals surface area contributed by atoms with Crippen LogP contribution in [-0.4, -0.2) is 23.9 Å². The number of alkyl halides is 3. The third-order valence-electron chi connectivity index (χ3n) is 4.06. The monoisotopic (exact) mass is 310 g/mol. The lowest BCUT2D eigenvalue weighted by molar-refractivity contribution is -0.194. The molecule has 0 radical (unpaired) electrons. The SMILES string of the molecule is O=C(O)c1ccc2ccccc2c1OCC1(C(F)(F)F)CC1. The van der Waals surface area contributed by atoms with Crippen molar-refractivity contribution < 1.29 is 27.8 Å². The Morgan fingerprint density at radius 3 is 2.45 bits per heavy atom. The third kappa shape index (κ3) is 2.38. The van der Waals surface area contributed by atoms with E-state index in [1.807, 2.05) is 0 Å². The van der Waals surface area contributed by atoms with Gasteiger partial charge in [-0.25, -0.2) is 4.79 Å². The van der Waals surface area contributed by atoms with Gasteiger partial charge < -0.3 is 9.84 Å². The minimum Gasteiger partial charge on any atom is -0.491 e. The van der Waals surface area contributed by atoms with E-state index in [1.54, 1.807) is 30.3 Å². The standard InChI is InChI=1S/C16H13F3O3/c17-16(18,19)15(7-8-15)9-22-13-11-4-2-1-3-10(11)5-6-12(13)14(20)21/h1-6H,7-9H2,(H,20,21). The Bertz CT molecular complexity index is 733. The van der Waals surface area contributed by atoms with Crippen LogP contribution in [0.1, 0.15) is 23.2 Å². The van der Waals surface area contributed by atoms with Crippen molar-refractivity contribution in [2.24, 2.45) is 5.41 Å². The summed E-state index contributed by atoms with van der Waals surface area (Å²) in [4.78, 5) is 11.3. The van der Waals surface area contributed by atoms with Gasteiger partial charge in [0.2, 0.25) is 0 Å². The predicted molar refractivity (Wildman–Crippen MR) is 74.1 cm³/mol. The Kier molecular flexibility index (Phi) is 3.27. The number of hydrogen-bond donors (Lipinski definition) is 1. The van der Waals surface area contributed by atoms with Crippen molar-refractivity contribution in [3.8, 4) is 5.75 Å². The molecular formula is C16H13F3O3. The summed E-state index contributed by atoms with van der Waals surface area (Å²) in [7, 11) is 0. The Morgan fingerprint density at radius 1 is 1.18 bits per heavy atom. The van der Waals surface area contributed by atoms with Crippen molar-refractivity contribution in [1.82, 2.24) is 0 Å². The first-order chi connectivity index (χ1) is 10.3. The van der Waals surface area contributed by atoms with Gasteiger partial charge in [-0.3, -0.25) is 0 Å². The average molecular weight is 310 g/mol. The van der Waals surface area contributed by atoms with E-state index in [2.05, 4.69) is 0 Å². The quantitative estimate of drug-likeness (QED) is 0.918. The van der Waals surface area contributed by atoms with E-state index in [4.69, 9.17) is 4.74 Å². The zero-order chi connectivity index (χ0) is 16.0. The van der Waals surface area contributed by atoms with Gasteiger partial charge in [0.1, 0.15) is 23.3 Å². The highest BCUT2D eigenvalue weighted by atomic mass is 19.4. The van der Waals surface area contributed by atoms with Crippen LogP contribution in [0.2, 0.25) is 0 Å². The summed E-state index contributed by atoms with van der Waals surface area (Å²) in [6, 6.07) is 9.83. The van der Waals surface area contributed by atoms with Crippen LogP contribution in [0.25, 0.3) is 10.8 Å². The fourth-order valence-electron chi connectivity index (χ4n) is 2.44. The third-order valence-corrected chi connectivity index (χ3v) is 4.06. The molecule has 22 heavy (non-hydrogen) atoms. The molecule has 0 spiro atoms. The van der Waals surface area contributed by atoms with E-state index in [-0.39, 0.29) is 24.2 Å². The number of hydrogen-bond acceptors (Lipinski definition) is 2. The van der Waals surface area contributed by atoms with Gasteiger partial charge in [0, 0.05) is 5.39 Å². The number of rotatable bonds is 4. The zero-order valence-electron chi connectivity index (χ0n) is 11.5. The first kappa shape index (κ1) is 14.7. The van der Waals surface area contributed by atoms with Gasteiger partial charge >= 0.3 is 12.1 Å². The van der Waals surface area contributed by atoms with E-state index in [1.165, 1.54) is 6.07 Å². The van der Waals surface area contributed by atoms with E-state index in [0.717, 1.165) is 5.39 Å². The fourth-order valence-corrected chi connectivity index (χ4v) is 2.44. The van der Waals surface area contributed by atoms with Crippen molar-refractivity contribution in [1.29, 1.82) is 0 Å². The van der Waals surface area contributed by atoms with Crippen LogP contribution in [0.15, 0.2) is 36.4 Å². The maximum Gasteiger partial charge on any atom is 0.397 e. The van der Waals surface area contributed by atoms with Crippen molar-refractivity contribution >= 4 is 16.7 Å². The van der Waals surface area contributed by atoms with Crippen molar-refractivity contribution in [2.45, 2.75) is 19.0 Å². The van der Waals surface area contributed by atoms with Gasteiger partial charge in [0.05, 0.1) is 0 Å². The second kappa shape index (κ2) is 4.90. The largest absolute Gasteiger partial charge is 0.491 e. The normalized spacial score (nSPS) is 16.5. The Balaban J connectivity index is 1.99. The number of carbonyl (C=O) groups is 1. The van der Waals surface area contributed by atoms with E-state index < -0.39 is 24.2 Å². The highest BCUT2D eigenvalue weighted by Crippen LogP contribution is 2.57. The number of fused-ring (bicyclic) bond motifs is 1. The van der Waals surface area contributed by atoms with E-state index in [9.17, 15) is 23.1 Å². The van der Waals surface area contributed by atoms with E-state index >= 15 is 0 Å². The van der Waals surface area contributed by atoms with Crippen LogP contribution in [-0.2, 0) is 0 Å². The Labute approximate surface area is 124 Å². The van der Waals surface area contributed by atoms with Crippen LogP contribution in [0, 0.1) is 5.41 Å². The van der Waals surface area contributed by atoms with Crippen molar-refractivity contribution in [3.63, 3.8) is 0 Å². The number of ether oxygens (including phenoxy) is 1. The summed E-state index contributed by atoms with van der Waals surface area (Å²) in [5.74, 6) is -1.22. The molecule has 0 atom stereocenters. The average Bonchev–Trinajstić information content (AvgIpc) is 3.25. The van der Waals surface area contributed by atoms with Gasteiger partial charge in [-0.15, -0.1) is 0 Å². The predicted octanol–water partition coefficient (Wildman–Crippen LogP) is 4.26. The first-order valence-corrected chi connectivity index (χ1v) is 6.79. The minimum atomic E-state index is -4.33. The topological polar surface area (TPSA) is 46.5 Å². The number of carboxylic acids is 1. The maximum absolute atomic E-state index is 13.0. The van der Waals surface area contributed by atoms with Gasteiger partial charge in [-0.1, -0.05) is 30.3 Å². The first-order valence-electron chi connectivity index (χ1n) is 6.79. The minimum absolute atomic E-state index is 0.00104. The molecule has 6 heteroatoms. The second-order valence-electron chi connectivity index (χ2n) is 5.54. The van der Waals surface area contributed by atoms with Crippen LogP contribution in [0.5, 0.6) is 5.75 Å². The van der Waals surface area contributed by atoms with E-state index in [0.29, 0.717) is 5.39 Å². The van der Waals surface area contributed by atoms with Crippen LogP contribution in [0.4, 0.5) is 13.2 Å². The van der Waals surface area contributed by atoms with Gasteiger partial charge in [0.25, 0.3) is 0 Å². The molecule has 0 amide bonds. The van der Waals surface area contributed by atoms with Crippen molar-refractivity contribution in [2.75, 3.05) is 6.61 Å². The van der Waals surface area contributed by atoms with Gasteiger partial charge in [-0.2, -0.15) is 13.2 Å². The zero-order valence-corrected chi connectivity index (χ0v) is 11.5. The summed E-state index contributed by atoms with van der Waals surface area (Å²) < 4.78 is 44.3. The fraction of sp³-hybridized carbons (Fsp3) is 0.312. The highest BCUT2D eigenvalue weighted by Gasteiger charge is 2.64.